The fourth-order valence-corrected chi connectivity index (χ4v) is 1.44. The maximum absolute atomic E-state index is 9.30. The summed E-state index contributed by atoms with van der Waals surface area (Å²) in [6.07, 6.45) is 0. The third-order valence-electron chi connectivity index (χ3n) is 2.16. The molecule has 4 heteroatoms. The molecule has 0 amide bonds. The van der Waals surface area contributed by atoms with Gasteiger partial charge >= 0.3 is 7.12 Å². The minimum Gasteiger partial charge on any atom is -0.456 e. The van der Waals surface area contributed by atoms with Crippen LogP contribution in [0.4, 0.5) is 0 Å². The lowest BCUT2D eigenvalue weighted by Gasteiger charge is -1.97. The van der Waals surface area contributed by atoms with Crippen molar-refractivity contribution < 1.29 is 24.1 Å². The Labute approximate surface area is 102 Å². The van der Waals surface area contributed by atoms with E-state index in [1.807, 2.05) is 0 Å². The average Bonchev–Trinajstić information content (AvgIpc) is 2.89. The normalized spacial score (nSPS) is 17.2. The highest BCUT2D eigenvalue weighted by molar-refractivity contribution is 6.58. The molecule has 1 aromatic heterocycles. The zero-order valence-electron chi connectivity index (χ0n) is 14.9. The maximum Gasteiger partial charge on any atom is 0.488 e. The molecule has 0 unspecified atom stereocenters. The Hall–Kier alpha value is -1.78. The molecule has 3 nitrogen and oxygen atoms in total. The van der Waals surface area contributed by atoms with Crippen molar-refractivity contribution >= 4 is 34.5 Å². The Kier molecular flexibility index (Phi) is 0.971. The van der Waals surface area contributed by atoms with Crippen molar-refractivity contribution in [3.05, 3.63) is 42.3 Å². The van der Waals surface area contributed by atoms with E-state index in [1.54, 1.807) is 0 Å². The summed E-state index contributed by atoms with van der Waals surface area (Å²) in [6, 6.07) is -3.58. The van der Waals surface area contributed by atoms with E-state index in [0.29, 0.717) is 0 Å². The first-order valence-electron chi connectivity index (χ1n) is 7.96. The Morgan fingerprint density at radius 2 is 1.75 bits per heavy atom. The van der Waals surface area contributed by atoms with Gasteiger partial charge in [-0.05, 0) is 17.5 Å². The van der Waals surface area contributed by atoms with E-state index in [9.17, 15) is 10.0 Å². The molecule has 0 fully saturated rings. The highest BCUT2D eigenvalue weighted by Crippen LogP contribution is 2.27. The monoisotopic (exact) mass is 219 g/mol. The number of fused-ring (bicyclic) bond motifs is 3. The zero-order valence-corrected chi connectivity index (χ0v) is 7.88. The molecule has 2 aromatic carbocycles. The van der Waals surface area contributed by atoms with E-state index >= 15 is 0 Å². The first-order chi connectivity index (χ1) is 10.7. The van der Waals surface area contributed by atoms with Crippen molar-refractivity contribution in [1.82, 2.24) is 0 Å². The fourth-order valence-electron chi connectivity index (χ4n) is 1.44. The van der Waals surface area contributed by atoms with E-state index in [2.05, 4.69) is 0 Å². The van der Waals surface area contributed by atoms with Gasteiger partial charge in [-0.15, -0.1) is 0 Å². The Balaban J connectivity index is 2.67. The number of furan rings is 1. The largest absolute Gasteiger partial charge is 0.488 e. The smallest absolute Gasteiger partial charge is 0.456 e. The Morgan fingerprint density at radius 3 is 2.56 bits per heavy atom. The summed E-state index contributed by atoms with van der Waals surface area (Å²) < 4.78 is 60.2. The summed E-state index contributed by atoms with van der Waals surface area (Å²) >= 11 is 0. The van der Waals surface area contributed by atoms with Gasteiger partial charge < -0.3 is 14.5 Å². The van der Waals surface area contributed by atoms with Crippen LogP contribution in [0.15, 0.2) is 46.7 Å². The molecule has 1 heterocycles. The third-order valence-corrected chi connectivity index (χ3v) is 2.16. The summed E-state index contributed by atoms with van der Waals surface area (Å²) in [5.41, 5.74) is -1.04. The van der Waals surface area contributed by atoms with Crippen molar-refractivity contribution in [2.24, 2.45) is 0 Å². The molecule has 16 heavy (non-hydrogen) atoms. The van der Waals surface area contributed by atoms with Gasteiger partial charge in [0.2, 0.25) is 0 Å². The lowest BCUT2D eigenvalue weighted by atomic mass is 9.80. The summed E-state index contributed by atoms with van der Waals surface area (Å²) in [5.74, 6) is 0. The van der Waals surface area contributed by atoms with Gasteiger partial charge in [-0.1, -0.05) is 30.2 Å². The number of benzene rings is 2. The van der Waals surface area contributed by atoms with Crippen molar-refractivity contribution in [1.29, 1.82) is 0 Å². The molecule has 0 saturated carbocycles. The van der Waals surface area contributed by atoms with Crippen LogP contribution < -0.4 is 5.46 Å². The minimum atomic E-state index is -2.15. The van der Waals surface area contributed by atoms with Gasteiger partial charge in [0.05, 0.1) is 9.60 Å². The Bertz CT molecular complexity index is 983. The Morgan fingerprint density at radius 1 is 1.00 bits per heavy atom. The second-order valence-corrected chi connectivity index (χ2v) is 3.17. The summed E-state index contributed by atoms with van der Waals surface area (Å²) in [6.45, 7) is 0. The average molecular weight is 219 g/mol. The number of para-hydroxylation sites is 1. The molecular formula is C12H9BO3. The molecule has 0 aliphatic carbocycles. The van der Waals surface area contributed by atoms with Gasteiger partial charge in [-0.2, -0.15) is 0 Å². The van der Waals surface area contributed by atoms with Crippen LogP contribution in [0.2, 0.25) is 0 Å². The van der Waals surface area contributed by atoms with E-state index in [4.69, 9.17) is 14.0 Å². The molecule has 0 aliphatic rings. The van der Waals surface area contributed by atoms with Crippen LogP contribution in [0.3, 0.4) is 0 Å². The first kappa shape index (κ1) is 4.61. The summed E-state index contributed by atoms with van der Waals surface area (Å²) in [5, 5.41) is 18.4. The number of hydrogen-bond acceptors (Lipinski definition) is 3. The van der Waals surface area contributed by atoms with E-state index in [0.717, 1.165) is 0 Å². The molecule has 0 bridgehead atoms. The van der Waals surface area contributed by atoms with Gasteiger partial charge in [-0.3, -0.25) is 0 Å². The number of hydrogen-bond donors (Lipinski definition) is 2. The van der Waals surface area contributed by atoms with Gasteiger partial charge in [0.25, 0.3) is 0 Å². The lowest BCUT2D eigenvalue weighted by Crippen LogP contribution is -2.29. The molecule has 0 spiro atoms. The third kappa shape index (κ3) is 1.32. The molecule has 0 saturated heterocycles. The molecule has 0 atom stereocenters. The lowest BCUT2D eigenvalue weighted by molar-refractivity contribution is 0.425. The second kappa shape index (κ2) is 3.37. The second-order valence-electron chi connectivity index (χ2n) is 3.17. The molecule has 3 aromatic rings. The van der Waals surface area contributed by atoms with Gasteiger partial charge in [0.15, 0.2) is 0 Å². The fraction of sp³-hybridized carbons (Fsp3) is 0. The standard InChI is InChI=1S/C12H9BO3/c14-13(15)8-5-6-10-9-3-1-2-4-11(9)16-12(10)7-8/h1-7,14-15H/i1D,2D,3D,4D,5D,6D,7D. The van der Waals surface area contributed by atoms with Crippen molar-refractivity contribution in [3.8, 4) is 0 Å². The molecule has 2 N–H and O–H groups in total. The van der Waals surface area contributed by atoms with Crippen molar-refractivity contribution in [2.45, 2.75) is 0 Å². The summed E-state index contributed by atoms with van der Waals surface area (Å²) in [4.78, 5) is 0. The van der Waals surface area contributed by atoms with E-state index in [-0.39, 0.29) is 21.9 Å². The van der Waals surface area contributed by atoms with Crippen LogP contribution in [0.5, 0.6) is 0 Å². The topological polar surface area (TPSA) is 53.6 Å². The minimum absolute atomic E-state index is 0.100. The van der Waals surface area contributed by atoms with Crippen molar-refractivity contribution in [3.63, 3.8) is 0 Å². The number of rotatable bonds is 1. The predicted octanol–water partition coefficient (Wildman–Crippen LogP) is 1.27. The highest BCUT2D eigenvalue weighted by atomic mass is 16.4. The van der Waals surface area contributed by atoms with Crippen LogP contribution in [-0.4, -0.2) is 17.2 Å². The van der Waals surface area contributed by atoms with Crippen LogP contribution in [0, 0.1) is 0 Å². The SMILES string of the molecule is [2H]c1c([2H])c([2H])c2c(oc3c([2H])c(B(O)O)c([2H])c([2H])c32)c1[2H]. The van der Waals surface area contributed by atoms with Gasteiger partial charge in [0.1, 0.15) is 11.2 Å². The first-order valence-corrected chi connectivity index (χ1v) is 4.46. The predicted molar refractivity (Wildman–Crippen MR) is 63.5 cm³/mol. The van der Waals surface area contributed by atoms with Crippen LogP contribution >= 0.6 is 0 Å². The highest BCUT2D eigenvalue weighted by Gasteiger charge is 2.13. The molecule has 3 rings (SSSR count). The van der Waals surface area contributed by atoms with Crippen molar-refractivity contribution in [2.75, 3.05) is 0 Å². The molecule has 0 aliphatic heterocycles. The van der Waals surface area contributed by atoms with E-state index < -0.39 is 54.9 Å². The van der Waals surface area contributed by atoms with Gasteiger partial charge in [0, 0.05) is 10.8 Å². The summed E-state index contributed by atoms with van der Waals surface area (Å²) in [7, 11) is -2.15. The van der Waals surface area contributed by atoms with Gasteiger partial charge in [-0.25, -0.2) is 0 Å². The molecular weight excluding hydrogens is 203 g/mol. The van der Waals surface area contributed by atoms with Crippen LogP contribution in [0.1, 0.15) is 9.60 Å². The van der Waals surface area contributed by atoms with Crippen LogP contribution in [-0.2, 0) is 0 Å². The van der Waals surface area contributed by atoms with Crippen LogP contribution in [0.25, 0.3) is 21.9 Å². The molecule has 78 valence electrons. The quantitative estimate of drug-likeness (QED) is 0.606. The zero-order chi connectivity index (χ0) is 17.2. The molecule has 0 radical (unpaired) electrons. The van der Waals surface area contributed by atoms with E-state index in [1.165, 1.54) is 0 Å². The maximum atomic E-state index is 9.30.